The number of nitrogens with zero attached hydrogens (tertiary/aromatic N) is 1. The van der Waals surface area contributed by atoms with Gasteiger partial charge >= 0.3 is 0 Å². The normalized spacial score (nSPS) is 19.7. The molecule has 0 bridgehead atoms. The molecule has 2 rings (SSSR count). The summed E-state index contributed by atoms with van der Waals surface area (Å²) in [6.45, 7) is 5.25. The van der Waals surface area contributed by atoms with Crippen LogP contribution in [0.4, 0.5) is 5.69 Å². The highest BCUT2D eigenvalue weighted by Crippen LogP contribution is 2.40. The molecule has 4 nitrogen and oxygen atoms in total. The summed E-state index contributed by atoms with van der Waals surface area (Å²) in [7, 11) is 1.64. The molecule has 4 heteroatoms. The van der Waals surface area contributed by atoms with Gasteiger partial charge in [-0.05, 0) is 30.5 Å². The van der Waals surface area contributed by atoms with Crippen molar-refractivity contribution in [2.45, 2.75) is 32.2 Å². The lowest BCUT2D eigenvalue weighted by Gasteiger charge is -2.16. The van der Waals surface area contributed by atoms with E-state index in [1.807, 2.05) is 30.9 Å². The topological polar surface area (TPSA) is 55.6 Å². The van der Waals surface area contributed by atoms with Crippen molar-refractivity contribution in [1.82, 2.24) is 0 Å². The summed E-state index contributed by atoms with van der Waals surface area (Å²) >= 11 is 0. The van der Waals surface area contributed by atoms with Gasteiger partial charge in [0.05, 0.1) is 18.6 Å². The lowest BCUT2D eigenvalue weighted by Crippen LogP contribution is -2.28. The molecule has 0 spiro atoms. The molecule has 104 valence electrons. The van der Waals surface area contributed by atoms with Gasteiger partial charge < -0.3 is 15.4 Å². The Morgan fingerprint density at radius 1 is 1.42 bits per heavy atom. The first kappa shape index (κ1) is 14.0. The fourth-order valence-corrected chi connectivity index (χ4v) is 2.76. The number of fused-ring (bicyclic) bond motifs is 1. The zero-order valence-electron chi connectivity index (χ0n) is 11.8. The number of amides is 1. The van der Waals surface area contributed by atoms with Crippen LogP contribution in [0.25, 0.3) is 0 Å². The standard InChI is InChI=1S/C15H22N2O2/c1-4-11-12-8-10(13(16)9-19-3)6-7-14(12)17(5-2)15(11)18/h6-8,11,13H,4-5,9,16H2,1-3H3. The molecule has 1 heterocycles. The van der Waals surface area contributed by atoms with Crippen LogP contribution in [0.3, 0.4) is 0 Å². The molecule has 1 amide bonds. The molecule has 2 atom stereocenters. The van der Waals surface area contributed by atoms with Crippen LogP contribution in [0.2, 0.25) is 0 Å². The number of likely N-dealkylation sites (N-methyl/N-ethyl adjacent to an activating group) is 1. The van der Waals surface area contributed by atoms with Crippen LogP contribution >= 0.6 is 0 Å². The molecule has 0 aromatic heterocycles. The zero-order valence-corrected chi connectivity index (χ0v) is 11.8. The predicted molar refractivity (Wildman–Crippen MR) is 76.3 cm³/mol. The Bertz CT molecular complexity index is 473. The average molecular weight is 262 g/mol. The molecule has 0 saturated heterocycles. The Morgan fingerprint density at radius 3 is 2.74 bits per heavy atom. The van der Waals surface area contributed by atoms with Crippen LogP contribution in [0.5, 0.6) is 0 Å². The summed E-state index contributed by atoms with van der Waals surface area (Å²) < 4.78 is 5.09. The molecule has 0 aliphatic carbocycles. The van der Waals surface area contributed by atoms with Crippen LogP contribution in [0, 0.1) is 0 Å². The summed E-state index contributed by atoms with van der Waals surface area (Å²) in [4.78, 5) is 14.2. The van der Waals surface area contributed by atoms with Crippen molar-refractivity contribution in [1.29, 1.82) is 0 Å². The van der Waals surface area contributed by atoms with Gasteiger partial charge in [0.2, 0.25) is 5.91 Å². The maximum Gasteiger partial charge on any atom is 0.234 e. The minimum Gasteiger partial charge on any atom is -0.383 e. The van der Waals surface area contributed by atoms with E-state index in [1.165, 1.54) is 0 Å². The number of nitrogens with two attached hydrogens (primary N) is 1. The molecule has 19 heavy (non-hydrogen) atoms. The summed E-state index contributed by atoms with van der Waals surface area (Å²) in [5.74, 6) is 0.183. The van der Waals surface area contributed by atoms with Crippen LogP contribution in [0.1, 0.15) is 43.4 Å². The van der Waals surface area contributed by atoms with Crippen LogP contribution in [-0.2, 0) is 9.53 Å². The minimum atomic E-state index is -0.140. The first-order chi connectivity index (χ1) is 9.13. The SMILES string of the molecule is CCC1C(=O)N(CC)c2ccc(C(N)COC)cc21. The van der Waals surface area contributed by atoms with Crippen molar-refractivity contribution in [3.8, 4) is 0 Å². The monoisotopic (exact) mass is 262 g/mol. The molecule has 0 fully saturated rings. The van der Waals surface area contributed by atoms with E-state index >= 15 is 0 Å². The lowest BCUT2D eigenvalue weighted by atomic mass is 9.95. The maximum absolute atomic E-state index is 12.3. The highest BCUT2D eigenvalue weighted by atomic mass is 16.5. The number of anilines is 1. The molecule has 1 aromatic rings. The first-order valence-corrected chi connectivity index (χ1v) is 6.83. The van der Waals surface area contributed by atoms with E-state index in [9.17, 15) is 4.79 Å². The van der Waals surface area contributed by atoms with Crippen LogP contribution < -0.4 is 10.6 Å². The van der Waals surface area contributed by atoms with Gasteiger partial charge in [-0.2, -0.15) is 0 Å². The van der Waals surface area contributed by atoms with E-state index in [-0.39, 0.29) is 17.9 Å². The average Bonchev–Trinajstić information content (AvgIpc) is 2.68. The zero-order chi connectivity index (χ0) is 14.0. The molecular weight excluding hydrogens is 240 g/mol. The smallest absolute Gasteiger partial charge is 0.234 e. The van der Waals surface area contributed by atoms with Crippen molar-refractivity contribution in [3.63, 3.8) is 0 Å². The van der Waals surface area contributed by atoms with E-state index in [1.54, 1.807) is 7.11 Å². The third kappa shape index (κ3) is 2.38. The van der Waals surface area contributed by atoms with Gasteiger partial charge in [0.1, 0.15) is 0 Å². The minimum absolute atomic E-state index is 0.0235. The summed E-state index contributed by atoms with van der Waals surface area (Å²) in [6.07, 6.45) is 0.825. The Kier molecular flexibility index (Phi) is 4.22. The van der Waals surface area contributed by atoms with Gasteiger partial charge in [-0.15, -0.1) is 0 Å². The Morgan fingerprint density at radius 2 is 2.16 bits per heavy atom. The quantitative estimate of drug-likeness (QED) is 0.885. The molecule has 1 aliphatic rings. The van der Waals surface area contributed by atoms with Crippen LogP contribution in [-0.4, -0.2) is 26.2 Å². The summed E-state index contributed by atoms with van der Waals surface area (Å²) in [6, 6.07) is 5.94. The number of hydrogen-bond acceptors (Lipinski definition) is 3. The van der Waals surface area contributed by atoms with E-state index in [4.69, 9.17) is 10.5 Å². The number of methoxy groups -OCH3 is 1. The van der Waals surface area contributed by atoms with Gasteiger partial charge in [0.25, 0.3) is 0 Å². The molecule has 1 aliphatic heterocycles. The van der Waals surface area contributed by atoms with Gasteiger partial charge in [-0.3, -0.25) is 4.79 Å². The van der Waals surface area contributed by atoms with Gasteiger partial charge in [-0.1, -0.05) is 19.1 Å². The molecule has 0 saturated carbocycles. The second-order valence-electron chi connectivity index (χ2n) is 4.92. The number of ether oxygens (including phenoxy) is 1. The maximum atomic E-state index is 12.3. The number of hydrogen-bond donors (Lipinski definition) is 1. The Labute approximate surface area is 114 Å². The van der Waals surface area contributed by atoms with Crippen molar-refractivity contribution in [2.24, 2.45) is 5.73 Å². The first-order valence-electron chi connectivity index (χ1n) is 6.83. The lowest BCUT2D eigenvalue weighted by molar-refractivity contribution is -0.119. The Balaban J connectivity index is 2.39. The molecular formula is C15H22N2O2. The Hall–Kier alpha value is -1.39. The number of carbonyl (C=O) groups excluding carboxylic acids is 1. The van der Waals surface area contributed by atoms with Gasteiger partial charge in [0, 0.05) is 19.3 Å². The third-order valence-electron chi connectivity index (χ3n) is 3.78. The highest BCUT2D eigenvalue weighted by Gasteiger charge is 2.35. The molecule has 0 radical (unpaired) electrons. The highest BCUT2D eigenvalue weighted by molar-refractivity contribution is 6.04. The van der Waals surface area contributed by atoms with E-state index in [2.05, 4.69) is 6.07 Å². The second-order valence-corrected chi connectivity index (χ2v) is 4.92. The van der Waals surface area contributed by atoms with Gasteiger partial charge in [-0.25, -0.2) is 0 Å². The molecule has 1 aromatic carbocycles. The summed E-state index contributed by atoms with van der Waals surface area (Å²) in [5, 5.41) is 0. The van der Waals surface area contributed by atoms with Crippen LogP contribution in [0.15, 0.2) is 18.2 Å². The fourth-order valence-electron chi connectivity index (χ4n) is 2.76. The van der Waals surface area contributed by atoms with E-state index in [0.717, 1.165) is 23.2 Å². The van der Waals surface area contributed by atoms with E-state index < -0.39 is 0 Å². The van der Waals surface area contributed by atoms with E-state index in [0.29, 0.717) is 13.2 Å². The molecule has 2 unspecified atom stereocenters. The number of benzene rings is 1. The molecule has 2 N–H and O–H groups in total. The van der Waals surface area contributed by atoms with Crippen molar-refractivity contribution >= 4 is 11.6 Å². The van der Waals surface area contributed by atoms with Gasteiger partial charge in [0.15, 0.2) is 0 Å². The largest absolute Gasteiger partial charge is 0.383 e. The number of carbonyl (C=O) groups is 1. The van der Waals surface area contributed by atoms with Crippen molar-refractivity contribution < 1.29 is 9.53 Å². The van der Waals surface area contributed by atoms with Crippen molar-refractivity contribution in [3.05, 3.63) is 29.3 Å². The third-order valence-corrected chi connectivity index (χ3v) is 3.78. The van der Waals surface area contributed by atoms with Crippen molar-refractivity contribution in [2.75, 3.05) is 25.2 Å². The second kappa shape index (κ2) is 5.72. The fraction of sp³-hybridized carbons (Fsp3) is 0.533. The summed E-state index contributed by atoms with van der Waals surface area (Å²) in [5.41, 5.74) is 9.24. The number of rotatable bonds is 5. The predicted octanol–water partition coefficient (Wildman–Crippen LogP) is 2.19.